The number of hydrogen-bond acceptors (Lipinski definition) is 2. The lowest BCUT2D eigenvalue weighted by atomic mass is 10.3. The topological polar surface area (TPSA) is 20.3 Å². The highest BCUT2D eigenvalue weighted by atomic mass is 79.9. The second-order valence-corrected chi connectivity index (χ2v) is 4.83. The van der Waals surface area contributed by atoms with Crippen molar-refractivity contribution in [3.63, 3.8) is 0 Å². The second-order valence-electron chi connectivity index (χ2n) is 3.05. The SMILES string of the molecule is CCN(C(=O)CSC)c1ccc(Br)cc1. The molecule has 0 spiro atoms. The van der Waals surface area contributed by atoms with E-state index in [1.165, 1.54) is 0 Å². The van der Waals surface area contributed by atoms with Crippen LogP contribution in [-0.2, 0) is 4.79 Å². The smallest absolute Gasteiger partial charge is 0.236 e. The van der Waals surface area contributed by atoms with Crippen LogP contribution in [0.2, 0.25) is 0 Å². The number of amides is 1. The van der Waals surface area contributed by atoms with Crippen molar-refractivity contribution < 1.29 is 4.79 Å². The molecule has 0 radical (unpaired) electrons. The molecule has 0 aliphatic heterocycles. The molecule has 0 N–H and O–H groups in total. The minimum atomic E-state index is 0.160. The summed E-state index contributed by atoms with van der Waals surface area (Å²) in [7, 11) is 0. The first kappa shape index (κ1) is 12.6. The number of carbonyl (C=O) groups is 1. The van der Waals surface area contributed by atoms with E-state index >= 15 is 0 Å². The standard InChI is InChI=1S/C11H14BrNOS/c1-3-13(11(14)8-15-2)10-6-4-9(12)5-7-10/h4-7H,3,8H2,1-2H3. The maximum atomic E-state index is 11.8. The molecule has 4 heteroatoms. The number of hydrogen-bond donors (Lipinski definition) is 0. The van der Waals surface area contributed by atoms with Crippen molar-refractivity contribution in [2.75, 3.05) is 23.5 Å². The maximum absolute atomic E-state index is 11.8. The van der Waals surface area contributed by atoms with Gasteiger partial charge in [-0.05, 0) is 37.4 Å². The minimum Gasteiger partial charge on any atom is -0.312 e. The minimum absolute atomic E-state index is 0.160. The number of carbonyl (C=O) groups excluding carboxylic acids is 1. The molecular weight excluding hydrogens is 274 g/mol. The van der Waals surface area contributed by atoms with E-state index in [-0.39, 0.29) is 5.91 Å². The zero-order chi connectivity index (χ0) is 11.3. The summed E-state index contributed by atoms with van der Waals surface area (Å²) in [5, 5.41) is 0. The zero-order valence-electron chi connectivity index (χ0n) is 8.87. The Morgan fingerprint density at radius 2 is 2.00 bits per heavy atom. The van der Waals surface area contributed by atoms with Gasteiger partial charge < -0.3 is 4.90 Å². The Hall–Kier alpha value is -0.480. The van der Waals surface area contributed by atoms with E-state index < -0.39 is 0 Å². The Morgan fingerprint density at radius 3 is 2.47 bits per heavy atom. The van der Waals surface area contributed by atoms with E-state index in [0.717, 1.165) is 10.2 Å². The van der Waals surface area contributed by atoms with Crippen LogP contribution in [0.25, 0.3) is 0 Å². The first-order valence-corrected chi connectivity index (χ1v) is 6.92. The van der Waals surface area contributed by atoms with Gasteiger partial charge in [-0.15, -0.1) is 0 Å². The van der Waals surface area contributed by atoms with Crippen molar-refractivity contribution in [1.82, 2.24) is 0 Å². The zero-order valence-corrected chi connectivity index (χ0v) is 11.3. The van der Waals surface area contributed by atoms with Crippen molar-refractivity contribution in [3.05, 3.63) is 28.7 Å². The van der Waals surface area contributed by atoms with Gasteiger partial charge in [-0.3, -0.25) is 4.79 Å². The number of benzene rings is 1. The van der Waals surface area contributed by atoms with E-state index in [0.29, 0.717) is 12.3 Å². The van der Waals surface area contributed by atoms with Gasteiger partial charge in [-0.25, -0.2) is 0 Å². The van der Waals surface area contributed by atoms with Crippen molar-refractivity contribution in [1.29, 1.82) is 0 Å². The van der Waals surface area contributed by atoms with E-state index in [1.54, 1.807) is 16.7 Å². The van der Waals surface area contributed by atoms with Crippen LogP contribution in [0.3, 0.4) is 0 Å². The van der Waals surface area contributed by atoms with E-state index in [2.05, 4.69) is 15.9 Å². The molecule has 1 amide bonds. The van der Waals surface area contributed by atoms with Gasteiger partial charge in [0.15, 0.2) is 0 Å². The molecule has 0 bridgehead atoms. The third kappa shape index (κ3) is 3.54. The average Bonchev–Trinajstić information content (AvgIpc) is 2.22. The van der Waals surface area contributed by atoms with Crippen molar-refractivity contribution in [2.24, 2.45) is 0 Å². The molecule has 0 saturated carbocycles. The molecule has 0 atom stereocenters. The lowest BCUT2D eigenvalue weighted by Crippen LogP contribution is -2.31. The highest BCUT2D eigenvalue weighted by Gasteiger charge is 2.12. The lowest BCUT2D eigenvalue weighted by molar-refractivity contribution is -0.116. The molecule has 0 fully saturated rings. The van der Waals surface area contributed by atoms with Crippen LogP contribution in [0.5, 0.6) is 0 Å². The first-order valence-electron chi connectivity index (χ1n) is 4.74. The maximum Gasteiger partial charge on any atom is 0.236 e. The fourth-order valence-electron chi connectivity index (χ4n) is 1.33. The second kappa shape index (κ2) is 6.18. The molecule has 0 unspecified atom stereocenters. The van der Waals surface area contributed by atoms with Gasteiger partial charge in [-0.1, -0.05) is 15.9 Å². The van der Waals surface area contributed by atoms with Crippen LogP contribution >= 0.6 is 27.7 Å². The molecule has 0 saturated heterocycles. The van der Waals surface area contributed by atoms with E-state index in [1.807, 2.05) is 37.4 Å². The van der Waals surface area contributed by atoms with E-state index in [4.69, 9.17) is 0 Å². The van der Waals surface area contributed by atoms with Gasteiger partial charge in [-0.2, -0.15) is 11.8 Å². The summed E-state index contributed by atoms with van der Waals surface area (Å²) in [6.45, 7) is 2.70. The van der Waals surface area contributed by atoms with Crippen LogP contribution in [0.15, 0.2) is 28.7 Å². The summed E-state index contributed by atoms with van der Waals surface area (Å²) < 4.78 is 1.03. The van der Waals surface area contributed by atoms with Crippen LogP contribution in [0.1, 0.15) is 6.92 Å². The normalized spacial score (nSPS) is 10.1. The molecule has 0 aromatic heterocycles. The van der Waals surface area contributed by atoms with Gasteiger partial charge in [0.05, 0.1) is 5.75 Å². The van der Waals surface area contributed by atoms with Gasteiger partial charge in [0.2, 0.25) is 5.91 Å². The fourth-order valence-corrected chi connectivity index (χ4v) is 1.99. The summed E-state index contributed by atoms with van der Waals surface area (Å²) in [4.78, 5) is 13.5. The van der Waals surface area contributed by atoms with E-state index in [9.17, 15) is 4.79 Å². The Bertz CT molecular complexity index is 326. The summed E-state index contributed by atoms with van der Waals surface area (Å²) >= 11 is 4.93. The van der Waals surface area contributed by atoms with Gasteiger partial charge in [0.25, 0.3) is 0 Å². The summed E-state index contributed by atoms with van der Waals surface area (Å²) in [5.41, 5.74) is 0.958. The summed E-state index contributed by atoms with van der Waals surface area (Å²) in [5.74, 6) is 0.691. The average molecular weight is 288 g/mol. The molecule has 2 nitrogen and oxygen atoms in total. The Balaban J connectivity index is 2.82. The largest absolute Gasteiger partial charge is 0.312 e. The van der Waals surface area contributed by atoms with Crippen LogP contribution in [0.4, 0.5) is 5.69 Å². The number of rotatable bonds is 4. The van der Waals surface area contributed by atoms with Crippen molar-refractivity contribution in [2.45, 2.75) is 6.92 Å². The molecule has 1 aromatic rings. The van der Waals surface area contributed by atoms with Crippen molar-refractivity contribution in [3.8, 4) is 0 Å². The molecule has 0 heterocycles. The molecule has 0 aliphatic carbocycles. The van der Waals surface area contributed by atoms with Gasteiger partial charge >= 0.3 is 0 Å². The molecule has 1 rings (SSSR count). The Morgan fingerprint density at radius 1 is 1.40 bits per heavy atom. The lowest BCUT2D eigenvalue weighted by Gasteiger charge is -2.20. The predicted octanol–water partition coefficient (Wildman–Crippen LogP) is 3.17. The third-order valence-electron chi connectivity index (χ3n) is 2.02. The van der Waals surface area contributed by atoms with Crippen LogP contribution < -0.4 is 4.90 Å². The molecular formula is C11H14BrNOS. The fraction of sp³-hybridized carbons (Fsp3) is 0.364. The number of anilines is 1. The number of thioether (sulfide) groups is 1. The monoisotopic (exact) mass is 287 g/mol. The molecule has 1 aromatic carbocycles. The molecule has 0 aliphatic rings. The van der Waals surface area contributed by atoms with Gasteiger partial charge in [0.1, 0.15) is 0 Å². The summed E-state index contributed by atoms with van der Waals surface area (Å²) in [6, 6.07) is 7.80. The first-order chi connectivity index (χ1) is 7.19. The Labute approximate surface area is 103 Å². The molecule has 82 valence electrons. The highest BCUT2D eigenvalue weighted by Crippen LogP contribution is 2.18. The van der Waals surface area contributed by atoms with Crippen molar-refractivity contribution >= 4 is 39.3 Å². The van der Waals surface area contributed by atoms with Crippen LogP contribution in [-0.4, -0.2) is 24.5 Å². The van der Waals surface area contributed by atoms with Gasteiger partial charge in [0, 0.05) is 16.7 Å². The summed E-state index contributed by atoms with van der Waals surface area (Å²) in [6.07, 6.45) is 1.94. The van der Waals surface area contributed by atoms with Crippen LogP contribution in [0, 0.1) is 0 Å². The predicted molar refractivity (Wildman–Crippen MR) is 70.6 cm³/mol. The number of halogens is 1. The Kier molecular flexibility index (Phi) is 5.19. The molecule has 15 heavy (non-hydrogen) atoms. The quantitative estimate of drug-likeness (QED) is 0.848. The highest BCUT2D eigenvalue weighted by molar-refractivity contribution is 9.10. The number of nitrogens with zero attached hydrogens (tertiary/aromatic N) is 1. The third-order valence-corrected chi connectivity index (χ3v) is 3.09.